The van der Waals surface area contributed by atoms with Crippen LogP contribution in [0.2, 0.25) is 0 Å². The van der Waals surface area contributed by atoms with Crippen molar-refractivity contribution >= 4 is 5.95 Å². The van der Waals surface area contributed by atoms with E-state index in [1.54, 1.807) is 0 Å². The van der Waals surface area contributed by atoms with E-state index in [1.165, 1.54) is 12.8 Å². The van der Waals surface area contributed by atoms with E-state index >= 15 is 0 Å². The molecule has 3 nitrogen and oxygen atoms in total. The number of aromatic nitrogens is 2. The van der Waals surface area contributed by atoms with Crippen molar-refractivity contribution in [1.29, 1.82) is 0 Å². The lowest BCUT2D eigenvalue weighted by atomic mass is 9.95. The van der Waals surface area contributed by atoms with Crippen LogP contribution in [-0.4, -0.2) is 22.6 Å². The quantitative estimate of drug-likeness (QED) is 0.715. The summed E-state index contributed by atoms with van der Waals surface area (Å²) < 4.78 is 0. The first-order valence-corrected chi connectivity index (χ1v) is 5.03. The summed E-state index contributed by atoms with van der Waals surface area (Å²) in [5, 5.41) is 0. The number of hydrogen-bond acceptors (Lipinski definition) is 2. The van der Waals surface area contributed by atoms with Crippen molar-refractivity contribution < 1.29 is 0 Å². The Balaban J connectivity index is 2.12. The zero-order valence-corrected chi connectivity index (χ0v) is 8.33. The maximum Gasteiger partial charge on any atom is 0.202 e. The minimum Gasteiger partial charge on any atom is -0.339 e. The van der Waals surface area contributed by atoms with E-state index in [9.17, 15) is 0 Å². The molecule has 1 aliphatic rings. The van der Waals surface area contributed by atoms with Gasteiger partial charge >= 0.3 is 0 Å². The molecule has 13 heavy (non-hydrogen) atoms. The van der Waals surface area contributed by atoms with Crippen LogP contribution in [0.15, 0.2) is 12.4 Å². The Kier molecular flexibility index (Phi) is 2.25. The van der Waals surface area contributed by atoms with Gasteiger partial charge in [0.05, 0.1) is 0 Å². The fourth-order valence-electron chi connectivity index (χ4n) is 2.00. The van der Waals surface area contributed by atoms with Gasteiger partial charge in [-0.2, -0.15) is 0 Å². The molecule has 3 heteroatoms. The van der Waals surface area contributed by atoms with Gasteiger partial charge in [-0.3, -0.25) is 0 Å². The number of nitrogens with one attached hydrogen (secondary N) is 1. The largest absolute Gasteiger partial charge is 0.339 e. The minimum atomic E-state index is 0.627. The summed E-state index contributed by atoms with van der Waals surface area (Å²) in [6.45, 7) is 5.71. The van der Waals surface area contributed by atoms with Crippen LogP contribution in [0.1, 0.15) is 26.7 Å². The summed E-state index contributed by atoms with van der Waals surface area (Å²) in [5.41, 5.74) is 0. The van der Waals surface area contributed by atoms with Crippen LogP contribution in [0.5, 0.6) is 0 Å². The monoisotopic (exact) mass is 179 g/mol. The Hall–Kier alpha value is -0.990. The van der Waals surface area contributed by atoms with Crippen molar-refractivity contribution in [3.8, 4) is 0 Å². The number of aromatic amines is 1. The molecular formula is C10H17N3. The van der Waals surface area contributed by atoms with Gasteiger partial charge in [0.2, 0.25) is 5.95 Å². The molecule has 0 spiro atoms. The van der Waals surface area contributed by atoms with Gasteiger partial charge in [0.25, 0.3) is 0 Å². The molecule has 1 fully saturated rings. The highest BCUT2D eigenvalue weighted by Crippen LogP contribution is 2.24. The highest BCUT2D eigenvalue weighted by molar-refractivity contribution is 5.31. The van der Waals surface area contributed by atoms with E-state index in [-0.39, 0.29) is 0 Å². The maximum atomic E-state index is 4.30. The molecule has 0 amide bonds. The Morgan fingerprint density at radius 2 is 2.31 bits per heavy atom. The number of piperidine rings is 1. The number of H-pyrrole nitrogens is 1. The van der Waals surface area contributed by atoms with Gasteiger partial charge in [0.15, 0.2) is 0 Å². The molecule has 1 saturated heterocycles. The Morgan fingerprint density at radius 3 is 3.00 bits per heavy atom. The fraction of sp³-hybridized carbons (Fsp3) is 0.700. The molecule has 0 aromatic carbocycles. The van der Waals surface area contributed by atoms with Crippen LogP contribution >= 0.6 is 0 Å². The van der Waals surface area contributed by atoms with Gasteiger partial charge in [-0.15, -0.1) is 0 Å². The van der Waals surface area contributed by atoms with Crippen molar-refractivity contribution in [1.82, 2.24) is 9.97 Å². The molecule has 2 rings (SSSR count). The zero-order chi connectivity index (χ0) is 9.26. The number of nitrogens with zero attached hydrogens (tertiary/aromatic N) is 2. The van der Waals surface area contributed by atoms with Crippen LogP contribution < -0.4 is 4.90 Å². The lowest BCUT2D eigenvalue weighted by molar-refractivity contribution is 0.386. The zero-order valence-electron chi connectivity index (χ0n) is 8.33. The van der Waals surface area contributed by atoms with Crippen LogP contribution in [0.25, 0.3) is 0 Å². The molecule has 0 radical (unpaired) electrons. The molecule has 0 saturated carbocycles. The van der Waals surface area contributed by atoms with Crippen LogP contribution in [-0.2, 0) is 0 Å². The average molecular weight is 179 g/mol. The molecule has 2 atom stereocenters. The molecule has 1 N–H and O–H groups in total. The van der Waals surface area contributed by atoms with Gasteiger partial charge in [0, 0.05) is 25.0 Å². The second kappa shape index (κ2) is 3.40. The molecular weight excluding hydrogens is 162 g/mol. The molecule has 1 aromatic heterocycles. The predicted octanol–water partition coefficient (Wildman–Crippen LogP) is 2.03. The van der Waals surface area contributed by atoms with E-state index in [1.807, 2.05) is 12.4 Å². The van der Waals surface area contributed by atoms with E-state index in [4.69, 9.17) is 0 Å². The third-order valence-electron chi connectivity index (χ3n) is 2.87. The topological polar surface area (TPSA) is 31.9 Å². The van der Waals surface area contributed by atoms with Crippen LogP contribution in [0.3, 0.4) is 0 Å². The first-order chi connectivity index (χ1) is 6.27. The third-order valence-corrected chi connectivity index (χ3v) is 2.87. The molecule has 1 aliphatic heterocycles. The third kappa shape index (κ3) is 1.69. The minimum absolute atomic E-state index is 0.627. The van der Waals surface area contributed by atoms with Crippen LogP contribution in [0, 0.1) is 5.92 Å². The highest BCUT2D eigenvalue weighted by atomic mass is 15.3. The van der Waals surface area contributed by atoms with E-state index < -0.39 is 0 Å². The lowest BCUT2D eigenvalue weighted by Gasteiger charge is -2.36. The van der Waals surface area contributed by atoms with Crippen molar-refractivity contribution in [2.75, 3.05) is 11.4 Å². The fourth-order valence-corrected chi connectivity index (χ4v) is 2.00. The van der Waals surface area contributed by atoms with Crippen molar-refractivity contribution in [3.63, 3.8) is 0 Å². The molecule has 2 unspecified atom stereocenters. The molecule has 0 bridgehead atoms. The summed E-state index contributed by atoms with van der Waals surface area (Å²) in [7, 11) is 0. The molecule has 0 aliphatic carbocycles. The summed E-state index contributed by atoms with van der Waals surface area (Å²) in [6.07, 6.45) is 6.34. The predicted molar refractivity (Wildman–Crippen MR) is 53.8 cm³/mol. The van der Waals surface area contributed by atoms with Gasteiger partial charge in [-0.05, 0) is 25.7 Å². The molecule has 72 valence electrons. The lowest BCUT2D eigenvalue weighted by Crippen LogP contribution is -2.41. The Bertz CT molecular complexity index is 255. The van der Waals surface area contributed by atoms with Crippen molar-refractivity contribution in [3.05, 3.63) is 12.4 Å². The van der Waals surface area contributed by atoms with Crippen molar-refractivity contribution in [2.45, 2.75) is 32.7 Å². The molecule has 2 heterocycles. The SMILES string of the molecule is CC1CCC(C)N(c2ncc[nH]2)C1. The average Bonchev–Trinajstić information content (AvgIpc) is 2.61. The summed E-state index contributed by atoms with van der Waals surface area (Å²) in [4.78, 5) is 9.84. The number of hydrogen-bond donors (Lipinski definition) is 1. The van der Waals surface area contributed by atoms with Crippen LogP contribution in [0.4, 0.5) is 5.95 Å². The van der Waals surface area contributed by atoms with E-state index in [2.05, 4.69) is 28.7 Å². The first kappa shape index (κ1) is 8.60. The van der Waals surface area contributed by atoms with Gasteiger partial charge < -0.3 is 9.88 Å². The smallest absolute Gasteiger partial charge is 0.202 e. The van der Waals surface area contributed by atoms with E-state index in [0.717, 1.165) is 18.4 Å². The van der Waals surface area contributed by atoms with E-state index in [0.29, 0.717) is 6.04 Å². The summed E-state index contributed by atoms with van der Waals surface area (Å²) in [5.74, 6) is 1.82. The summed E-state index contributed by atoms with van der Waals surface area (Å²) in [6, 6.07) is 0.627. The number of anilines is 1. The maximum absolute atomic E-state index is 4.30. The number of imidazole rings is 1. The molecule has 1 aromatic rings. The Labute approximate surface area is 79.2 Å². The highest BCUT2D eigenvalue weighted by Gasteiger charge is 2.23. The van der Waals surface area contributed by atoms with Gasteiger partial charge in [-0.1, -0.05) is 6.92 Å². The second-order valence-corrected chi connectivity index (χ2v) is 4.10. The standard InChI is InChI=1S/C10H17N3/c1-8-3-4-9(2)13(7-8)10-11-5-6-12-10/h5-6,8-9H,3-4,7H2,1-2H3,(H,11,12). The second-order valence-electron chi connectivity index (χ2n) is 4.10. The van der Waals surface area contributed by atoms with Gasteiger partial charge in [0.1, 0.15) is 0 Å². The first-order valence-electron chi connectivity index (χ1n) is 5.03. The van der Waals surface area contributed by atoms with Gasteiger partial charge in [-0.25, -0.2) is 4.98 Å². The summed E-state index contributed by atoms with van der Waals surface area (Å²) >= 11 is 0. The Morgan fingerprint density at radius 1 is 1.46 bits per heavy atom. The normalized spacial score (nSPS) is 29.2. The van der Waals surface area contributed by atoms with Crippen molar-refractivity contribution in [2.24, 2.45) is 5.92 Å². The number of rotatable bonds is 1.